The van der Waals surface area contributed by atoms with E-state index in [-0.39, 0.29) is 24.5 Å². The van der Waals surface area contributed by atoms with Gasteiger partial charge in [-0.15, -0.1) is 0 Å². The third-order valence-electron chi connectivity index (χ3n) is 2.76. The van der Waals surface area contributed by atoms with E-state index in [1.807, 2.05) is 6.92 Å². The molecule has 5 nitrogen and oxygen atoms in total. The summed E-state index contributed by atoms with van der Waals surface area (Å²) in [4.78, 5) is 24.7. The first-order valence-electron chi connectivity index (χ1n) is 5.87. The molecule has 1 rings (SSSR count). The molecule has 1 saturated heterocycles. The number of carbonyl (C=O) groups excluding carboxylic acids is 2. The Morgan fingerprint density at radius 2 is 2.06 bits per heavy atom. The third-order valence-corrected chi connectivity index (χ3v) is 2.76. The van der Waals surface area contributed by atoms with Crippen molar-refractivity contribution in [2.24, 2.45) is 0 Å². The van der Waals surface area contributed by atoms with Crippen LogP contribution in [0, 0.1) is 0 Å². The first-order valence-corrected chi connectivity index (χ1v) is 5.87. The largest absolute Gasteiger partial charge is 0.375 e. The second-order valence-corrected chi connectivity index (χ2v) is 4.10. The average Bonchev–Trinajstić information content (AvgIpc) is 2.30. The molecular weight excluding hydrogens is 220 g/mol. The molecule has 0 bridgehead atoms. The number of methoxy groups -OCH3 is 1. The predicted octanol–water partition coefficient (Wildman–Crippen LogP) is 0.316. The van der Waals surface area contributed by atoms with Gasteiger partial charge in [-0.2, -0.15) is 0 Å². The third kappa shape index (κ3) is 4.56. The summed E-state index contributed by atoms with van der Waals surface area (Å²) in [5.74, 6) is -0.0418. The monoisotopic (exact) mass is 240 g/mol. The number of ether oxygens (including phenoxy) is 1. The second-order valence-electron chi connectivity index (χ2n) is 4.10. The Hall–Kier alpha value is -1.36. The van der Waals surface area contributed by atoms with E-state index in [1.165, 1.54) is 7.11 Å². The van der Waals surface area contributed by atoms with E-state index >= 15 is 0 Å². The Morgan fingerprint density at radius 3 is 2.59 bits per heavy atom. The second kappa shape index (κ2) is 7.06. The van der Waals surface area contributed by atoms with Crippen LogP contribution in [0.15, 0.2) is 12.2 Å². The minimum absolute atomic E-state index is 0.0502. The lowest BCUT2D eigenvalue weighted by molar-refractivity contribution is -0.127. The molecule has 0 atom stereocenters. The van der Waals surface area contributed by atoms with Crippen molar-refractivity contribution in [3.8, 4) is 0 Å². The fourth-order valence-corrected chi connectivity index (χ4v) is 1.89. The predicted molar refractivity (Wildman–Crippen MR) is 64.4 cm³/mol. The van der Waals surface area contributed by atoms with Crippen molar-refractivity contribution in [1.82, 2.24) is 10.2 Å². The van der Waals surface area contributed by atoms with Crippen LogP contribution in [0.2, 0.25) is 0 Å². The first-order chi connectivity index (χ1) is 8.17. The molecule has 1 aliphatic heterocycles. The molecular formula is C12H20N2O3. The summed E-state index contributed by atoms with van der Waals surface area (Å²) in [6.45, 7) is 3.32. The highest BCUT2D eigenvalue weighted by Crippen LogP contribution is 2.10. The van der Waals surface area contributed by atoms with E-state index in [0.717, 1.165) is 12.8 Å². The van der Waals surface area contributed by atoms with E-state index in [0.29, 0.717) is 13.1 Å². The summed E-state index contributed by atoms with van der Waals surface area (Å²) in [7, 11) is 1.50. The minimum atomic E-state index is -0.0919. The molecule has 5 heteroatoms. The van der Waals surface area contributed by atoms with Crippen molar-refractivity contribution < 1.29 is 14.3 Å². The molecule has 0 aromatic rings. The topological polar surface area (TPSA) is 58.6 Å². The number of hydrogen-bond acceptors (Lipinski definition) is 3. The summed E-state index contributed by atoms with van der Waals surface area (Å²) in [6.07, 6.45) is 4.93. The molecule has 0 spiro atoms. The smallest absolute Gasteiger partial charge is 0.246 e. The fraction of sp³-hybridized carbons (Fsp3) is 0.667. The van der Waals surface area contributed by atoms with Gasteiger partial charge < -0.3 is 15.0 Å². The van der Waals surface area contributed by atoms with Crippen LogP contribution < -0.4 is 5.32 Å². The number of nitrogens with one attached hydrogen (secondary N) is 1. The van der Waals surface area contributed by atoms with E-state index in [2.05, 4.69) is 5.32 Å². The Kier molecular flexibility index (Phi) is 5.69. The highest BCUT2D eigenvalue weighted by Gasteiger charge is 2.22. The fourth-order valence-electron chi connectivity index (χ4n) is 1.89. The normalized spacial score (nSPS) is 17.4. The Balaban J connectivity index is 2.30. The number of nitrogens with zero attached hydrogens (tertiary/aromatic N) is 1. The highest BCUT2D eigenvalue weighted by molar-refractivity contribution is 5.87. The van der Waals surface area contributed by atoms with Gasteiger partial charge in [-0.25, -0.2) is 0 Å². The van der Waals surface area contributed by atoms with Crippen LogP contribution in [0.1, 0.15) is 19.8 Å². The molecule has 1 fully saturated rings. The molecule has 1 N–H and O–H groups in total. The lowest BCUT2D eigenvalue weighted by atomic mass is 10.0. The van der Waals surface area contributed by atoms with Crippen LogP contribution in [0.4, 0.5) is 0 Å². The number of allylic oxidation sites excluding steroid dienone is 1. The van der Waals surface area contributed by atoms with Gasteiger partial charge >= 0.3 is 0 Å². The van der Waals surface area contributed by atoms with Crippen LogP contribution in [0.5, 0.6) is 0 Å². The van der Waals surface area contributed by atoms with E-state index in [1.54, 1.807) is 17.1 Å². The molecule has 2 amide bonds. The van der Waals surface area contributed by atoms with Crippen LogP contribution in [0.3, 0.4) is 0 Å². The lowest BCUT2D eigenvalue weighted by Gasteiger charge is -2.31. The summed E-state index contributed by atoms with van der Waals surface area (Å²) in [6, 6.07) is 0.160. The van der Waals surface area contributed by atoms with Crippen molar-refractivity contribution in [3.05, 3.63) is 12.2 Å². The average molecular weight is 240 g/mol. The minimum Gasteiger partial charge on any atom is -0.375 e. The molecule has 0 aromatic heterocycles. The molecule has 0 saturated carbocycles. The van der Waals surface area contributed by atoms with Crippen molar-refractivity contribution in [1.29, 1.82) is 0 Å². The Bertz CT molecular complexity index is 294. The van der Waals surface area contributed by atoms with Crippen LogP contribution in [-0.4, -0.2) is 49.6 Å². The maximum atomic E-state index is 11.6. The summed E-state index contributed by atoms with van der Waals surface area (Å²) in [5.41, 5.74) is 0. The summed E-state index contributed by atoms with van der Waals surface area (Å²) < 4.78 is 4.75. The van der Waals surface area contributed by atoms with Crippen molar-refractivity contribution >= 4 is 11.8 Å². The lowest BCUT2D eigenvalue weighted by Crippen LogP contribution is -2.46. The van der Waals surface area contributed by atoms with E-state index in [4.69, 9.17) is 4.74 Å². The van der Waals surface area contributed by atoms with Gasteiger partial charge in [-0.1, -0.05) is 6.08 Å². The van der Waals surface area contributed by atoms with Crippen LogP contribution in [0.25, 0.3) is 0 Å². The molecule has 0 aliphatic carbocycles. The Morgan fingerprint density at radius 1 is 1.41 bits per heavy atom. The number of likely N-dealkylation sites (tertiary alicyclic amines) is 1. The Labute approximate surface area is 102 Å². The number of rotatable bonds is 4. The van der Waals surface area contributed by atoms with Gasteiger partial charge in [0, 0.05) is 26.2 Å². The standard InChI is InChI=1S/C12H20N2O3/c1-3-4-12(16)14-7-5-10(6-8-14)13-11(15)9-17-2/h3-4,10H,5-9H2,1-2H3,(H,13,15). The van der Waals surface area contributed by atoms with Gasteiger partial charge in [0.2, 0.25) is 11.8 Å². The van der Waals surface area contributed by atoms with E-state index < -0.39 is 0 Å². The zero-order chi connectivity index (χ0) is 12.7. The zero-order valence-electron chi connectivity index (χ0n) is 10.4. The van der Waals surface area contributed by atoms with Crippen molar-refractivity contribution in [3.63, 3.8) is 0 Å². The van der Waals surface area contributed by atoms with Crippen molar-refractivity contribution in [2.45, 2.75) is 25.8 Å². The molecule has 0 radical (unpaired) electrons. The van der Waals surface area contributed by atoms with Gasteiger partial charge in [-0.3, -0.25) is 9.59 Å². The first kappa shape index (κ1) is 13.7. The molecule has 0 aromatic carbocycles. The number of piperidine rings is 1. The van der Waals surface area contributed by atoms with Crippen LogP contribution in [-0.2, 0) is 14.3 Å². The highest BCUT2D eigenvalue weighted by atomic mass is 16.5. The number of carbonyl (C=O) groups is 2. The van der Waals surface area contributed by atoms with Gasteiger partial charge in [0.25, 0.3) is 0 Å². The molecule has 1 aliphatic rings. The maximum absolute atomic E-state index is 11.6. The number of amides is 2. The number of hydrogen-bond donors (Lipinski definition) is 1. The molecule has 17 heavy (non-hydrogen) atoms. The summed E-state index contributed by atoms with van der Waals surface area (Å²) >= 11 is 0. The summed E-state index contributed by atoms with van der Waals surface area (Å²) in [5, 5.41) is 2.89. The van der Waals surface area contributed by atoms with Gasteiger partial charge in [0.15, 0.2) is 0 Å². The van der Waals surface area contributed by atoms with E-state index in [9.17, 15) is 9.59 Å². The molecule has 1 heterocycles. The molecule has 0 unspecified atom stereocenters. The SMILES string of the molecule is CC=CC(=O)N1CCC(NC(=O)COC)CC1. The van der Waals surface area contributed by atoms with Gasteiger partial charge in [-0.05, 0) is 25.8 Å². The quantitative estimate of drug-likeness (QED) is 0.720. The molecule has 96 valence electrons. The van der Waals surface area contributed by atoms with Crippen LogP contribution >= 0.6 is 0 Å². The van der Waals surface area contributed by atoms with Gasteiger partial charge in [0.1, 0.15) is 6.61 Å². The van der Waals surface area contributed by atoms with Gasteiger partial charge in [0.05, 0.1) is 0 Å². The van der Waals surface area contributed by atoms with Crippen molar-refractivity contribution in [2.75, 3.05) is 26.8 Å². The zero-order valence-corrected chi connectivity index (χ0v) is 10.4. The maximum Gasteiger partial charge on any atom is 0.246 e.